The topological polar surface area (TPSA) is 73.6 Å². The molecule has 3 aromatic rings. The van der Waals surface area contributed by atoms with Crippen molar-refractivity contribution in [3.05, 3.63) is 80.2 Å². The van der Waals surface area contributed by atoms with E-state index in [4.69, 9.17) is 20.8 Å². The molecule has 28 heavy (non-hydrogen) atoms. The molecule has 0 spiro atoms. The van der Waals surface area contributed by atoms with Crippen molar-refractivity contribution in [3.8, 4) is 0 Å². The van der Waals surface area contributed by atoms with Gasteiger partial charge in [-0.25, -0.2) is 4.79 Å². The molecular weight excluding hydrogens is 380 g/mol. The minimum absolute atomic E-state index is 0.224. The van der Waals surface area contributed by atoms with Crippen LogP contribution < -0.4 is 5.43 Å². The van der Waals surface area contributed by atoms with Crippen molar-refractivity contribution in [2.24, 2.45) is 0 Å². The van der Waals surface area contributed by atoms with Gasteiger partial charge in [-0.15, -0.1) is 0 Å². The van der Waals surface area contributed by atoms with Crippen LogP contribution in [0.15, 0.2) is 51.7 Å². The number of benzene rings is 2. The van der Waals surface area contributed by atoms with Gasteiger partial charge < -0.3 is 9.15 Å². The van der Waals surface area contributed by atoms with E-state index in [1.807, 2.05) is 12.1 Å². The maximum absolute atomic E-state index is 12.6. The Kier molecular flexibility index (Phi) is 4.77. The average Bonchev–Trinajstić information content (AvgIpc) is 3.15. The lowest BCUT2D eigenvalue weighted by Crippen LogP contribution is -2.25. The third-order valence-electron chi connectivity index (χ3n) is 4.93. The van der Waals surface area contributed by atoms with Crippen molar-refractivity contribution in [1.29, 1.82) is 0 Å². The van der Waals surface area contributed by atoms with Gasteiger partial charge in [0.1, 0.15) is 5.58 Å². The number of aryl methyl sites for hydroxylation is 2. The average molecular weight is 397 g/mol. The van der Waals surface area contributed by atoms with Crippen molar-refractivity contribution < 1.29 is 18.7 Å². The molecule has 5 nitrogen and oxygen atoms in total. The number of halogens is 1. The van der Waals surface area contributed by atoms with Gasteiger partial charge in [-0.1, -0.05) is 23.7 Å². The standard InChI is InChI=1S/C22H17ClO5/c1-12(21(25)15-6-5-13-3-2-4-14(13)9-15)27-22(26)20-11-18(24)17-10-16(23)7-8-19(17)28-20/h5-12H,2-4H2,1H3/t12-/m0/s1. The Morgan fingerprint density at radius 2 is 1.86 bits per heavy atom. The number of ether oxygens (including phenoxy) is 1. The first-order valence-corrected chi connectivity index (χ1v) is 9.40. The van der Waals surface area contributed by atoms with Crippen molar-refractivity contribution in [1.82, 2.24) is 0 Å². The van der Waals surface area contributed by atoms with E-state index in [-0.39, 0.29) is 22.5 Å². The van der Waals surface area contributed by atoms with Crippen LogP contribution in [0.3, 0.4) is 0 Å². The number of ketones is 1. The molecule has 142 valence electrons. The summed E-state index contributed by atoms with van der Waals surface area (Å²) < 4.78 is 10.7. The van der Waals surface area contributed by atoms with Crippen LogP contribution >= 0.6 is 11.6 Å². The summed E-state index contributed by atoms with van der Waals surface area (Å²) in [6.45, 7) is 1.51. The molecule has 0 saturated heterocycles. The molecule has 0 radical (unpaired) electrons. The highest BCUT2D eigenvalue weighted by Gasteiger charge is 2.24. The monoisotopic (exact) mass is 396 g/mol. The zero-order chi connectivity index (χ0) is 19.8. The fraction of sp³-hybridized carbons (Fsp3) is 0.227. The molecule has 1 aliphatic carbocycles. The summed E-state index contributed by atoms with van der Waals surface area (Å²) in [6, 6.07) is 11.2. The first kappa shape index (κ1) is 18.4. The van der Waals surface area contributed by atoms with Crippen LogP contribution in [0, 0.1) is 0 Å². The molecule has 0 amide bonds. The van der Waals surface area contributed by atoms with Crippen LogP contribution in [0.4, 0.5) is 0 Å². The molecule has 0 bridgehead atoms. The number of Topliss-reactive ketones (excluding diaryl/α,β-unsaturated/α-hetero) is 1. The Morgan fingerprint density at radius 3 is 2.68 bits per heavy atom. The first-order valence-electron chi connectivity index (χ1n) is 9.03. The number of hydrogen-bond donors (Lipinski definition) is 0. The largest absolute Gasteiger partial charge is 0.449 e. The van der Waals surface area contributed by atoms with Gasteiger partial charge in [0.2, 0.25) is 11.5 Å². The van der Waals surface area contributed by atoms with E-state index in [1.54, 1.807) is 12.1 Å². The molecule has 0 aliphatic heterocycles. The number of carbonyl (C=O) groups excluding carboxylic acids is 2. The smallest absolute Gasteiger partial charge is 0.375 e. The Hall–Kier alpha value is -2.92. The lowest BCUT2D eigenvalue weighted by Gasteiger charge is -2.13. The number of esters is 1. The van der Waals surface area contributed by atoms with Crippen LogP contribution in [-0.4, -0.2) is 17.9 Å². The van der Waals surface area contributed by atoms with E-state index < -0.39 is 17.5 Å². The lowest BCUT2D eigenvalue weighted by molar-refractivity contribution is 0.0289. The normalized spacial score (nSPS) is 13.9. The van der Waals surface area contributed by atoms with Crippen molar-refractivity contribution in [2.45, 2.75) is 32.3 Å². The van der Waals surface area contributed by atoms with Gasteiger partial charge in [0.25, 0.3) is 0 Å². The van der Waals surface area contributed by atoms with Gasteiger partial charge in [0.15, 0.2) is 11.5 Å². The molecule has 1 aromatic heterocycles. The Labute approximate surface area is 165 Å². The molecule has 2 aromatic carbocycles. The highest BCUT2D eigenvalue weighted by molar-refractivity contribution is 6.31. The van der Waals surface area contributed by atoms with Crippen LogP contribution in [-0.2, 0) is 17.6 Å². The first-order chi connectivity index (χ1) is 13.4. The van der Waals surface area contributed by atoms with Gasteiger partial charge in [-0.2, -0.15) is 0 Å². The number of hydrogen-bond acceptors (Lipinski definition) is 5. The zero-order valence-corrected chi connectivity index (χ0v) is 15.9. The molecule has 0 unspecified atom stereocenters. The number of rotatable bonds is 4. The van der Waals surface area contributed by atoms with Gasteiger partial charge in [0.05, 0.1) is 5.39 Å². The van der Waals surface area contributed by atoms with Gasteiger partial charge in [-0.3, -0.25) is 9.59 Å². The summed E-state index contributed by atoms with van der Waals surface area (Å²) in [5.74, 6) is -1.41. The number of fused-ring (bicyclic) bond motifs is 2. The third-order valence-corrected chi connectivity index (χ3v) is 5.16. The molecule has 4 rings (SSSR count). The van der Waals surface area contributed by atoms with Crippen LogP contribution in [0.25, 0.3) is 11.0 Å². The van der Waals surface area contributed by atoms with Crippen LogP contribution in [0.2, 0.25) is 5.02 Å². The Morgan fingerprint density at radius 1 is 1.07 bits per heavy atom. The second-order valence-electron chi connectivity index (χ2n) is 6.86. The molecule has 1 atom stereocenters. The highest BCUT2D eigenvalue weighted by atomic mass is 35.5. The maximum Gasteiger partial charge on any atom is 0.375 e. The van der Waals surface area contributed by atoms with Crippen molar-refractivity contribution in [3.63, 3.8) is 0 Å². The zero-order valence-electron chi connectivity index (χ0n) is 15.2. The van der Waals surface area contributed by atoms with E-state index in [0.29, 0.717) is 10.6 Å². The summed E-state index contributed by atoms with van der Waals surface area (Å²) in [5.41, 5.74) is 2.76. The fourth-order valence-corrected chi connectivity index (χ4v) is 3.63. The lowest BCUT2D eigenvalue weighted by atomic mass is 10.0. The predicted molar refractivity (Wildman–Crippen MR) is 105 cm³/mol. The highest BCUT2D eigenvalue weighted by Crippen LogP contribution is 2.24. The molecule has 1 aliphatic rings. The van der Waals surface area contributed by atoms with Gasteiger partial charge in [-0.05, 0) is 61.6 Å². The second-order valence-corrected chi connectivity index (χ2v) is 7.30. The summed E-state index contributed by atoms with van der Waals surface area (Å²) in [7, 11) is 0. The summed E-state index contributed by atoms with van der Waals surface area (Å²) in [6.07, 6.45) is 2.07. The molecular formula is C22H17ClO5. The van der Waals surface area contributed by atoms with Crippen LogP contribution in [0.1, 0.15) is 45.4 Å². The number of carbonyl (C=O) groups is 2. The Balaban J connectivity index is 1.54. The maximum atomic E-state index is 12.6. The molecule has 0 fully saturated rings. The Bertz CT molecular complexity index is 1160. The minimum Gasteiger partial charge on any atom is -0.449 e. The van der Waals surface area contributed by atoms with Crippen molar-refractivity contribution in [2.75, 3.05) is 0 Å². The predicted octanol–water partition coefficient (Wildman–Crippen LogP) is 4.36. The van der Waals surface area contributed by atoms with E-state index in [2.05, 4.69) is 0 Å². The van der Waals surface area contributed by atoms with Crippen molar-refractivity contribution >= 4 is 34.3 Å². The van der Waals surface area contributed by atoms with Gasteiger partial charge in [0, 0.05) is 16.7 Å². The third kappa shape index (κ3) is 3.45. The summed E-state index contributed by atoms with van der Waals surface area (Å²) >= 11 is 5.88. The fourth-order valence-electron chi connectivity index (χ4n) is 3.46. The molecule has 0 saturated carbocycles. The van der Waals surface area contributed by atoms with E-state index in [0.717, 1.165) is 25.3 Å². The van der Waals surface area contributed by atoms with E-state index in [9.17, 15) is 14.4 Å². The van der Waals surface area contributed by atoms with Gasteiger partial charge >= 0.3 is 5.97 Å². The molecule has 6 heteroatoms. The van der Waals surface area contributed by atoms with Crippen LogP contribution in [0.5, 0.6) is 0 Å². The second kappa shape index (κ2) is 7.24. The summed E-state index contributed by atoms with van der Waals surface area (Å²) in [5, 5.41) is 0.662. The molecule has 1 heterocycles. The quantitative estimate of drug-likeness (QED) is 0.483. The minimum atomic E-state index is -1.00. The van der Waals surface area contributed by atoms with E-state index in [1.165, 1.54) is 30.2 Å². The van der Waals surface area contributed by atoms with E-state index >= 15 is 0 Å². The SMILES string of the molecule is C[C@H](OC(=O)c1cc(=O)c2cc(Cl)ccc2o1)C(=O)c1ccc2c(c1)CCC2. The molecule has 0 N–H and O–H groups in total. The summed E-state index contributed by atoms with van der Waals surface area (Å²) in [4.78, 5) is 37.3.